The fraction of sp³-hybridized carbons (Fsp3) is 0.400. The van der Waals surface area contributed by atoms with Crippen LogP contribution in [-0.2, 0) is 19.6 Å². The van der Waals surface area contributed by atoms with Crippen LogP contribution in [0.15, 0.2) is 29.8 Å². The summed E-state index contributed by atoms with van der Waals surface area (Å²) in [5.74, 6) is -2.36. The summed E-state index contributed by atoms with van der Waals surface area (Å²) in [6, 6.07) is 1.28. The van der Waals surface area contributed by atoms with E-state index in [1.165, 1.54) is 6.92 Å². The molecule has 0 aliphatic heterocycles. The van der Waals surface area contributed by atoms with Crippen LogP contribution in [0, 0.1) is 5.82 Å². The molecule has 1 aromatic rings. The summed E-state index contributed by atoms with van der Waals surface area (Å²) in [7, 11) is -5.61. The Morgan fingerprint density at radius 3 is 3.09 bits per heavy atom. The van der Waals surface area contributed by atoms with Crippen molar-refractivity contribution in [3.8, 4) is 0 Å². The highest BCUT2D eigenvalue weighted by molar-refractivity contribution is 7.93. The number of nitrogens with one attached hydrogen (secondary N) is 1. The summed E-state index contributed by atoms with van der Waals surface area (Å²) in [6.07, 6.45) is -7.67. The van der Waals surface area contributed by atoms with E-state index < -0.39 is 68.5 Å². The average Bonchev–Trinajstić information content (AvgIpc) is 2.59. The molecule has 0 fully saturated rings. The summed E-state index contributed by atoms with van der Waals surface area (Å²) in [5.41, 5.74) is -1.92. The molecule has 0 radical (unpaired) electrons. The van der Waals surface area contributed by atoms with Crippen molar-refractivity contribution >= 4 is 33.3 Å². The molecular weight excluding hydrogens is 345 g/mol. The van der Waals surface area contributed by atoms with E-state index in [4.69, 9.17) is 21.2 Å². The number of hydrogen-bond acceptors (Lipinski definition) is 4. The maximum atomic E-state index is 13.3. The van der Waals surface area contributed by atoms with E-state index in [1.54, 1.807) is 0 Å². The predicted molar refractivity (Wildman–Crippen MR) is 86.3 cm³/mol. The molecule has 8 heteroatoms. The average molecular weight is 369 g/mol. The van der Waals surface area contributed by atoms with Gasteiger partial charge in [0.2, 0.25) is 10.0 Å². The first-order valence-electron chi connectivity index (χ1n) is 9.87. The van der Waals surface area contributed by atoms with Gasteiger partial charge < -0.3 is 4.74 Å². The van der Waals surface area contributed by atoms with Crippen molar-refractivity contribution in [1.82, 2.24) is 0 Å². The van der Waals surface area contributed by atoms with E-state index in [1.807, 2.05) is 0 Å². The van der Waals surface area contributed by atoms with Crippen LogP contribution in [0.1, 0.15) is 34.3 Å². The molecule has 1 atom stereocenters. The molecule has 1 aromatic carbocycles. The van der Waals surface area contributed by atoms with E-state index in [2.05, 4.69) is 4.74 Å². The number of benzene rings is 1. The highest BCUT2D eigenvalue weighted by Gasteiger charge is 2.35. The largest absolute Gasteiger partial charge is 0.463 e. The Hall–Kier alpha value is -1.60. The van der Waals surface area contributed by atoms with Crippen LogP contribution in [0.2, 0.25) is 6.43 Å². The number of rotatable bonds is 5. The monoisotopic (exact) mass is 368 g/mol. The Balaban J connectivity index is 2.84. The highest BCUT2D eigenvalue weighted by Crippen LogP contribution is 2.30. The lowest BCUT2D eigenvalue weighted by molar-refractivity contribution is -0.138. The minimum Gasteiger partial charge on any atom is -0.463 e. The Morgan fingerprint density at radius 1 is 1.70 bits per heavy atom. The Morgan fingerprint density at radius 2 is 2.43 bits per heavy atom. The summed E-state index contributed by atoms with van der Waals surface area (Å²) in [5, 5.41) is -4.35. The van der Waals surface area contributed by atoms with Gasteiger partial charge in [0.15, 0.2) is 1.41 Å². The second-order valence-electron chi connectivity index (χ2n) is 4.24. The van der Waals surface area contributed by atoms with Crippen LogP contribution in [0.3, 0.4) is 0 Å². The number of carbonyl (C=O) groups is 1. The Labute approximate surface area is 149 Å². The zero-order valence-electron chi connectivity index (χ0n) is 18.9. The molecule has 2 rings (SSSR count). The van der Waals surface area contributed by atoms with Crippen LogP contribution < -0.4 is 4.72 Å². The third-order valence-corrected chi connectivity index (χ3v) is 4.21. The number of allylic oxidation sites excluding steroid dienone is 1. The molecule has 1 aliphatic carbocycles. The number of ether oxygens (including phenoxy) is 1. The maximum Gasteiger partial charge on any atom is 0.335 e. The lowest BCUT2D eigenvalue weighted by Crippen LogP contribution is -2.34. The second-order valence-corrected chi connectivity index (χ2v) is 6.19. The van der Waals surface area contributed by atoms with Gasteiger partial charge in [-0.2, -0.15) is 0 Å². The van der Waals surface area contributed by atoms with Crippen LogP contribution in [-0.4, -0.2) is 26.2 Å². The van der Waals surface area contributed by atoms with Gasteiger partial charge in [0.25, 0.3) is 0 Å². The van der Waals surface area contributed by atoms with Crippen molar-refractivity contribution < 1.29 is 32.0 Å². The number of anilines is 1. The van der Waals surface area contributed by atoms with Crippen molar-refractivity contribution in [1.29, 1.82) is 0 Å². The van der Waals surface area contributed by atoms with E-state index in [-0.39, 0.29) is 11.3 Å². The lowest BCUT2D eigenvalue weighted by atomic mass is 9.99. The number of sulfonamides is 1. The molecular formula is C15H17ClFNO4S. The van der Waals surface area contributed by atoms with Crippen LogP contribution >= 0.6 is 11.6 Å². The van der Waals surface area contributed by atoms with Crippen LogP contribution in [0.4, 0.5) is 10.1 Å². The summed E-state index contributed by atoms with van der Waals surface area (Å²) < 4.78 is 101. The molecule has 0 saturated carbocycles. The fourth-order valence-corrected chi connectivity index (χ4v) is 3.08. The minimum absolute atomic E-state index is 0.296. The third kappa shape index (κ3) is 4.23. The van der Waals surface area contributed by atoms with Crippen LogP contribution in [0.25, 0.3) is 0 Å². The zero-order valence-corrected chi connectivity index (χ0v) is 13.5. The van der Waals surface area contributed by atoms with Gasteiger partial charge in [0, 0.05) is 5.48 Å². The van der Waals surface area contributed by atoms with E-state index in [9.17, 15) is 17.6 Å². The van der Waals surface area contributed by atoms with Gasteiger partial charge in [-0.1, -0.05) is 17.7 Å². The SMILES string of the molecule is [2H]C1=C(C(=O)OCC)[C@]([2H])(S(=O)(=O)N([2H])c2ccc(F)cc2Cl)C([2H])([2H])C([2H])([2H])C1. The molecule has 0 unspecified atom stereocenters. The van der Waals surface area contributed by atoms with Crippen molar-refractivity contribution in [2.75, 3.05) is 11.3 Å². The molecule has 0 saturated heterocycles. The Kier molecular flexibility index (Phi) is 3.28. The van der Waals surface area contributed by atoms with Crippen LogP contribution in [0.5, 0.6) is 0 Å². The number of hydrogen-bond donors (Lipinski definition) is 1. The van der Waals surface area contributed by atoms with Gasteiger partial charge >= 0.3 is 5.97 Å². The van der Waals surface area contributed by atoms with Crippen molar-refractivity contribution in [3.63, 3.8) is 0 Å². The lowest BCUT2D eigenvalue weighted by Gasteiger charge is -2.24. The van der Waals surface area contributed by atoms with Gasteiger partial charge in [-0.3, -0.25) is 4.72 Å². The standard InChI is InChI=1S/C15H17ClFNO4S/c1-2-22-15(19)11-5-3-4-6-14(11)23(20,21)18-13-8-7-10(17)9-12(13)16/h5,7-9,14,18H,2-4,6H2,1H3/t14-/m1/s1/i4D2,5D,6D2,14D/hD. The summed E-state index contributed by atoms with van der Waals surface area (Å²) in [4.78, 5) is 12.4. The van der Waals surface area contributed by atoms with Crippen molar-refractivity contribution in [2.45, 2.75) is 31.3 Å². The summed E-state index contributed by atoms with van der Waals surface area (Å²) in [6.45, 7) is 1.06. The Bertz CT molecular complexity index is 1020. The number of halogens is 2. The molecule has 1 N–H and O–H groups in total. The third-order valence-electron chi connectivity index (χ3n) is 2.65. The molecule has 0 bridgehead atoms. The van der Waals surface area contributed by atoms with Gasteiger partial charge in [0.1, 0.15) is 11.0 Å². The number of carbonyl (C=O) groups excluding carboxylic acids is 1. The molecule has 1 aliphatic rings. The normalized spacial score (nSPS) is 30.7. The van der Waals surface area contributed by atoms with Crippen molar-refractivity contribution in [2.24, 2.45) is 0 Å². The van der Waals surface area contributed by atoms with Gasteiger partial charge in [-0.05, 0) is 44.3 Å². The maximum absolute atomic E-state index is 13.3. The highest BCUT2D eigenvalue weighted by atomic mass is 35.5. The molecule has 0 spiro atoms. The molecule has 23 heavy (non-hydrogen) atoms. The van der Waals surface area contributed by atoms with Gasteiger partial charge in [-0.25, -0.2) is 17.6 Å². The van der Waals surface area contributed by atoms with Gasteiger partial charge in [0.05, 0.1) is 25.6 Å². The first-order chi connectivity index (χ1) is 13.6. The van der Waals surface area contributed by atoms with E-state index >= 15 is 0 Å². The molecule has 0 amide bonds. The zero-order chi connectivity index (χ0) is 23.3. The first-order valence-corrected chi connectivity index (χ1v) is 8.24. The van der Waals surface area contributed by atoms with Crippen molar-refractivity contribution in [3.05, 3.63) is 40.7 Å². The topological polar surface area (TPSA) is 72.5 Å². The van der Waals surface area contributed by atoms with Gasteiger partial charge in [-0.15, -0.1) is 0 Å². The first kappa shape index (κ1) is 10.3. The second kappa shape index (κ2) is 7.31. The molecule has 126 valence electrons. The summed E-state index contributed by atoms with van der Waals surface area (Å²) >= 11 is 5.78. The fourth-order valence-electron chi connectivity index (χ4n) is 1.69. The quantitative estimate of drug-likeness (QED) is 0.809. The van der Waals surface area contributed by atoms with E-state index in [0.29, 0.717) is 6.07 Å². The molecule has 0 heterocycles. The van der Waals surface area contributed by atoms with E-state index in [0.717, 1.165) is 12.1 Å². The smallest absolute Gasteiger partial charge is 0.335 e. The number of esters is 1. The predicted octanol–water partition coefficient (Wildman–Crippen LogP) is 3.26. The molecule has 5 nitrogen and oxygen atoms in total. The molecule has 0 aromatic heterocycles. The minimum atomic E-state index is -5.61.